The molecule has 0 fully saturated rings. The van der Waals surface area contributed by atoms with Crippen molar-refractivity contribution in [1.29, 1.82) is 0 Å². The Bertz CT molecular complexity index is 1080. The monoisotopic (exact) mass is 476 g/mol. The largest absolute Gasteiger partial charge is 0.328 e. The zero-order chi connectivity index (χ0) is 25.1. The molecule has 0 unspecified atom stereocenters. The first-order chi connectivity index (χ1) is 15.9. The van der Waals surface area contributed by atoms with Crippen molar-refractivity contribution >= 4 is 23.4 Å². The van der Waals surface area contributed by atoms with Gasteiger partial charge in [-0.25, -0.2) is 0 Å². The predicted molar refractivity (Wildman–Crippen MR) is 139 cm³/mol. The van der Waals surface area contributed by atoms with Gasteiger partial charge in [0.25, 0.3) is 11.8 Å². The SMILES string of the molecule is CC(C)(C)c1ccc(C(=O)NC(NC(=O)c2ccc(C(C)(C)C)cc2)c2ccccc2Cl)cc1. The number of halogens is 1. The molecule has 178 valence electrons. The second-order valence-corrected chi connectivity index (χ2v) is 11.0. The molecule has 3 rings (SSSR count). The number of benzene rings is 3. The third kappa shape index (κ3) is 6.27. The van der Waals surface area contributed by atoms with Crippen LogP contribution in [0.25, 0.3) is 0 Å². The molecule has 34 heavy (non-hydrogen) atoms. The standard InChI is InChI=1S/C29H33ClN2O2/c1-28(2,3)21-15-11-19(12-16-21)26(33)31-25(23-9-7-8-10-24(23)30)32-27(34)20-13-17-22(18-14-20)29(4,5)6/h7-18,25H,1-6H3,(H,31,33)(H,32,34). The Hall–Kier alpha value is -3.11. The molecule has 0 saturated carbocycles. The van der Waals surface area contributed by atoms with Crippen molar-refractivity contribution in [2.24, 2.45) is 0 Å². The lowest BCUT2D eigenvalue weighted by molar-refractivity contribution is 0.0883. The first kappa shape index (κ1) is 25.5. The molecule has 2 N–H and O–H groups in total. The molecule has 0 saturated heterocycles. The van der Waals surface area contributed by atoms with Crippen LogP contribution in [-0.2, 0) is 10.8 Å². The molecular formula is C29H33ClN2O2. The molecule has 5 heteroatoms. The summed E-state index contributed by atoms with van der Waals surface area (Å²) in [6.45, 7) is 12.7. The summed E-state index contributed by atoms with van der Waals surface area (Å²) in [4.78, 5) is 26.1. The van der Waals surface area contributed by atoms with Gasteiger partial charge in [-0.1, -0.05) is 95.6 Å². The summed E-state index contributed by atoms with van der Waals surface area (Å²) in [5, 5.41) is 6.32. The van der Waals surface area contributed by atoms with Crippen molar-refractivity contribution < 1.29 is 9.59 Å². The minimum absolute atomic E-state index is 0.00831. The molecule has 4 nitrogen and oxygen atoms in total. The van der Waals surface area contributed by atoms with Gasteiger partial charge in [-0.05, 0) is 52.3 Å². The van der Waals surface area contributed by atoms with Crippen LogP contribution in [0.5, 0.6) is 0 Å². The Labute approximate surface area is 207 Å². The highest BCUT2D eigenvalue weighted by molar-refractivity contribution is 6.31. The Kier molecular flexibility index (Phi) is 7.52. The van der Waals surface area contributed by atoms with Crippen molar-refractivity contribution in [2.75, 3.05) is 0 Å². The molecule has 0 heterocycles. The Morgan fingerprint density at radius 2 is 1.03 bits per heavy atom. The smallest absolute Gasteiger partial charge is 0.253 e. The molecule has 3 aromatic rings. The van der Waals surface area contributed by atoms with E-state index in [2.05, 4.69) is 52.2 Å². The lowest BCUT2D eigenvalue weighted by atomic mass is 9.86. The van der Waals surface area contributed by atoms with Crippen molar-refractivity contribution in [3.63, 3.8) is 0 Å². The van der Waals surface area contributed by atoms with Crippen molar-refractivity contribution in [3.8, 4) is 0 Å². The van der Waals surface area contributed by atoms with Crippen LogP contribution in [0.1, 0.15) is 85.1 Å². The summed E-state index contributed by atoms with van der Waals surface area (Å²) in [6.07, 6.45) is -0.793. The average Bonchev–Trinajstić information content (AvgIpc) is 2.78. The maximum absolute atomic E-state index is 13.1. The van der Waals surface area contributed by atoms with Crippen molar-refractivity contribution in [1.82, 2.24) is 10.6 Å². The fourth-order valence-electron chi connectivity index (χ4n) is 3.57. The van der Waals surface area contributed by atoms with Crippen LogP contribution in [0.15, 0.2) is 72.8 Å². The van der Waals surface area contributed by atoms with Gasteiger partial charge in [-0.2, -0.15) is 0 Å². The molecule has 0 aliphatic heterocycles. The van der Waals surface area contributed by atoms with Crippen LogP contribution < -0.4 is 10.6 Å². The summed E-state index contributed by atoms with van der Waals surface area (Å²) in [7, 11) is 0. The highest BCUT2D eigenvalue weighted by Crippen LogP contribution is 2.25. The van der Waals surface area contributed by atoms with E-state index in [1.165, 1.54) is 0 Å². The van der Waals surface area contributed by atoms with Crippen molar-refractivity contribution in [2.45, 2.75) is 58.5 Å². The van der Waals surface area contributed by atoms with E-state index in [0.717, 1.165) is 11.1 Å². The van der Waals surface area contributed by atoms with Crippen LogP contribution in [0.3, 0.4) is 0 Å². The van der Waals surface area contributed by atoms with E-state index in [-0.39, 0.29) is 22.6 Å². The number of rotatable bonds is 5. The number of hydrogen-bond acceptors (Lipinski definition) is 2. The third-order valence-corrected chi connectivity index (χ3v) is 6.14. The minimum Gasteiger partial charge on any atom is -0.328 e. The maximum Gasteiger partial charge on any atom is 0.253 e. The minimum atomic E-state index is -0.793. The average molecular weight is 477 g/mol. The lowest BCUT2D eigenvalue weighted by Gasteiger charge is -2.23. The van der Waals surface area contributed by atoms with Crippen LogP contribution in [0, 0.1) is 0 Å². The van der Waals surface area contributed by atoms with Gasteiger partial charge in [0.15, 0.2) is 0 Å². The molecule has 0 aromatic heterocycles. The first-order valence-corrected chi connectivity index (χ1v) is 11.8. The second-order valence-electron chi connectivity index (χ2n) is 10.6. The van der Waals surface area contributed by atoms with E-state index in [4.69, 9.17) is 11.6 Å². The van der Waals surface area contributed by atoms with Gasteiger partial charge in [0.05, 0.1) is 0 Å². The molecule has 0 aliphatic carbocycles. The highest BCUT2D eigenvalue weighted by Gasteiger charge is 2.22. The molecule has 2 amide bonds. The summed E-state index contributed by atoms with van der Waals surface area (Å²) in [6, 6.07) is 22.2. The van der Waals surface area contributed by atoms with E-state index >= 15 is 0 Å². The van der Waals surface area contributed by atoms with Gasteiger partial charge in [0, 0.05) is 21.7 Å². The third-order valence-electron chi connectivity index (χ3n) is 5.79. The van der Waals surface area contributed by atoms with Crippen molar-refractivity contribution in [3.05, 3.63) is 106 Å². The fraction of sp³-hybridized carbons (Fsp3) is 0.310. The fourth-order valence-corrected chi connectivity index (χ4v) is 3.82. The topological polar surface area (TPSA) is 58.2 Å². The summed E-state index contributed by atoms with van der Waals surface area (Å²) >= 11 is 6.42. The molecule has 0 aliphatic rings. The van der Waals surface area contributed by atoms with Gasteiger partial charge in [0.1, 0.15) is 6.17 Å². The Morgan fingerprint density at radius 1 is 0.647 bits per heavy atom. The zero-order valence-electron chi connectivity index (χ0n) is 20.7. The zero-order valence-corrected chi connectivity index (χ0v) is 21.5. The normalized spacial score (nSPS) is 11.9. The molecule has 0 radical (unpaired) electrons. The van der Waals surface area contributed by atoms with Gasteiger partial charge < -0.3 is 10.6 Å². The van der Waals surface area contributed by atoms with Crippen LogP contribution in [-0.4, -0.2) is 11.8 Å². The number of nitrogens with one attached hydrogen (secondary N) is 2. The van der Waals surface area contributed by atoms with Gasteiger partial charge in [-0.15, -0.1) is 0 Å². The van der Waals surface area contributed by atoms with E-state index in [1.54, 1.807) is 36.4 Å². The molecule has 0 atom stereocenters. The number of hydrogen-bond donors (Lipinski definition) is 2. The predicted octanol–water partition coefficient (Wildman–Crippen LogP) is 6.79. The maximum atomic E-state index is 13.1. The van der Waals surface area contributed by atoms with E-state index < -0.39 is 6.17 Å². The highest BCUT2D eigenvalue weighted by atomic mass is 35.5. The number of carbonyl (C=O) groups excluding carboxylic acids is 2. The molecular weight excluding hydrogens is 444 g/mol. The number of carbonyl (C=O) groups is 2. The van der Waals surface area contributed by atoms with E-state index in [1.807, 2.05) is 36.4 Å². The van der Waals surface area contributed by atoms with Crippen LogP contribution in [0.2, 0.25) is 5.02 Å². The Balaban J connectivity index is 1.84. The van der Waals surface area contributed by atoms with E-state index in [9.17, 15) is 9.59 Å². The molecule has 3 aromatic carbocycles. The Morgan fingerprint density at radius 3 is 1.38 bits per heavy atom. The molecule has 0 bridgehead atoms. The molecule has 0 spiro atoms. The summed E-state index contributed by atoms with van der Waals surface area (Å²) < 4.78 is 0. The summed E-state index contributed by atoms with van der Waals surface area (Å²) in [5.41, 5.74) is 3.89. The quantitative estimate of drug-likeness (QED) is 0.398. The van der Waals surface area contributed by atoms with Gasteiger partial charge >= 0.3 is 0 Å². The number of amides is 2. The summed E-state index contributed by atoms with van der Waals surface area (Å²) in [5.74, 6) is -0.595. The van der Waals surface area contributed by atoms with Gasteiger partial charge in [0.2, 0.25) is 0 Å². The second kappa shape index (κ2) is 10.0. The first-order valence-electron chi connectivity index (χ1n) is 11.4. The van der Waals surface area contributed by atoms with Crippen LogP contribution >= 0.6 is 11.6 Å². The lowest BCUT2D eigenvalue weighted by Crippen LogP contribution is -2.41. The van der Waals surface area contributed by atoms with Gasteiger partial charge in [-0.3, -0.25) is 9.59 Å². The van der Waals surface area contributed by atoms with Crippen LogP contribution in [0.4, 0.5) is 0 Å². The van der Waals surface area contributed by atoms with E-state index in [0.29, 0.717) is 21.7 Å².